The van der Waals surface area contributed by atoms with Crippen LogP contribution >= 0.6 is 0 Å². The summed E-state index contributed by atoms with van der Waals surface area (Å²) in [5.74, 6) is -2.59. The van der Waals surface area contributed by atoms with E-state index in [9.17, 15) is 24.0 Å². The summed E-state index contributed by atoms with van der Waals surface area (Å²) in [4.78, 5) is 38.4. The van der Waals surface area contributed by atoms with E-state index in [2.05, 4.69) is 0 Å². The Morgan fingerprint density at radius 1 is 1.11 bits per heavy atom. The van der Waals surface area contributed by atoms with Gasteiger partial charge in [0.15, 0.2) is 0 Å². The van der Waals surface area contributed by atoms with Crippen LogP contribution in [-0.2, 0) is 20.7 Å². The lowest BCUT2D eigenvalue weighted by Gasteiger charge is -2.35. The zero-order chi connectivity index (χ0) is 20.8. The lowest BCUT2D eigenvalue weighted by molar-refractivity contribution is -0.190. The molecule has 0 saturated heterocycles. The van der Waals surface area contributed by atoms with E-state index < -0.39 is 46.8 Å². The van der Waals surface area contributed by atoms with Gasteiger partial charge in [0, 0.05) is 12.0 Å². The molecule has 1 atom stereocenters. The zero-order valence-corrected chi connectivity index (χ0v) is 16.3. The van der Waals surface area contributed by atoms with Gasteiger partial charge in [-0.1, -0.05) is 0 Å². The Morgan fingerprint density at radius 3 is 2.19 bits per heavy atom. The van der Waals surface area contributed by atoms with Gasteiger partial charge < -0.3 is 9.47 Å². The minimum absolute atomic E-state index is 0.0323. The smallest absolute Gasteiger partial charge is 0.435 e. The Morgan fingerprint density at radius 2 is 1.67 bits per heavy atom. The van der Waals surface area contributed by atoms with Gasteiger partial charge >= 0.3 is 12.1 Å². The molecular formula is C19H24FNO6. The summed E-state index contributed by atoms with van der Waals surface area (Å²) in [5.41, 5.74) is -4.13. The maximum Gasteiger partial charge on any atom is 0.435 e. The van der Waals surface area contributed by atoms with E-state index in [0.29, 0.717) is 0 Å². The van der Waals surface area contributed by atoms with Crippen molar-refractivity contribution in [2.75, 3.05) is 0 Å². The van der Waals surface area contributed by atoms with Gasteiger partial charge in [-0.25, -0.2) is 14.0 Å². The molecule has 0 fully saturated rings. The fourth-order valence-electron chi connectivity index (χ4n) is 2.75. The molecular weight excluding hydrogens is 357 g/mol. The number of carbonyl (C=O) groups is 3. The van der Waals surface area contributed by atoms with Crippen molar-refractivity contribution < 1.29 is 33.5 Å². The van der Waals surface area contributed by atoms with Crippen LogP contribution in [0.15, 0.2) is 18.2 Å². The summed E-state index contributed by atoms with van der Waals surface area (Å²) in [6.07, 6.45) is -1.71. The first-order valence-electron chi connectivity index (χ1n) is 8.46. The van der Waals surface area contributed by atoms with Crippen molar-refractivity contribution >= 4 is 17.8 Å². The van der Waals surface area contributed by atoms with Crippen LogP contribution in [0.2, 0.25) is 0 Å². The van der Waals surface area contributed by atoms with Crippen LogP contribution in [-0.4, -0.2) is 44.9 Å². The monoisotopic (exact) mass is 381 g/mol. The fraction of sp³-hybridized carbons (Fsp3) is 0.526. The van der Waals surface area contributed by atoms with Crippen LogP contribution in [0.1, 0.15) is 57.5 Å². The Hall–Kier alpha value is -2.48. The van der Waals surface area contributed by atoms with Crippen LogP contribution < -0.4 is 0 Å². The molecule has 8 heteroatoms. The van der Waals surface area contributed by atoms with Gasteiger partial charge in [0.1, 0.15) is 17.0 Å². The Kier molecular flexibility index (Phi) is 5.09. The van der Waals surface area contributed by atoms with Crippen molar-refractivity contribution in [3.8, 4) is 0 Å². The molecule has 0 aliphatic heterocycles. The Labute approximate surface area is 157 Å². The summed E-state index contributed by atoms with van der Waals surface area (Å²) < 4.78 is 24.0. The third kappa shape index (κ3) is 4.10. The van der Waals surface area contributed by atoms with Crippen molar-refractivity contribution in [2.45, 2.75) is 64.7 Å². The van der Waals surface area contributed by atoms with Crippen molar-refractivity contribution in [1.82, 2.24) is 5.06 Å². The first kappa shape index (κ1) is 20.8. The van der Waals surface area contributed by atoms with E-state index in [4.69, 9.17) is 9.47 Å². The minimum atomic E-state index is -2.38. The molecule has 0 radical (unpaired) electrons. The highest BCUT2D eigenvalue weighted by molar-refractivity contribution is 6.21. The molecule has 1 aromatic carbocycles. The van der Waals surface area contributed by atoms with Crippen LogP contribution in [0, 0.1) is 5.82 Å². The molecule has 0 heterocycles. The minimum Gasteiger partial charge on any atom is -0.458 e. The molecule has 1 amide bonds. The van der Waals surface area contributed by atoms with Crippen LogP contribution in [0.4, 0.5) is 9.18 Å². The first-order chi connectivity index (χ1) is 12.2. The number of hydrogen-bond donors (Lipinski definition) is 1. The zero-order valence-electron chi connectivity index (χ0n) is 16.3. The second kappa shape index (κ2) is 6.60. The second-order valence-corrected chi connectivity index (χ2v) is 8.46. The molecule has 1 aliphatic carbocycles. The van der Waals surface area contributed by atoms with Crippen molar-refractivity contribution in [3.63, 3.8) is 0 Å². The Balaban J connectivity index is 2.53. The maximum absolute atomic E-state index is 13.6. The number of fused-ring (bicyclic) bond motifs is 1. The summed E-state index contributed by atoms with van der Waals surface area (Å²) in [6, 6.07) is 3.36. The van der Waals surface area contributed by atoms with E-state index in [1.54, 1.807) is 41.5 Å². The number of hydroxylamine groups is 2. The first-order valence-corrected chi connectivity index (χ1v) is 8.46. The summed E-state index contributed by atoms with van der Waals surface area (Å²) >= 11 is 0. The third-order valence-corrected chi connectivity index (χ3v) is 3.80. The molecule has 1 aliphatic rings. The van der Waals surface area contributed by atoms with Crippen molar-refractivity contribution in [1.29, 1.82) is 0 Å². The molecule has 0 saturated carbocycles. The van der Waals surface area contributed by atoms with Gasteiger partial charge in [-0.05, 0) is 65.3 Å². The average Bonchev–Trinajstić information content (AvgIpc) is 2.76. The van der Waals surface area contributed by atoms with Crippen LogP contribution in [0.5, 0.6) is 0 Å². The van der Waals surface area contributed by atoms with Gasteiger partial charge in [0.2, 0.25) is 11.3 Å². The maximum atomic E-state index is 13.6. The van der Waals surface area contributed by atoms with E-state index >= 15 is 0 Å². The predicted molar refractivity (Wildman–Crippen MR) is 92.9 cm³/mol. The molecule has 1 aromatic rings. The van der Waals surface area contributed by atoms with Crippen LogP contribution in [0.3, 0.4) is 0 Å². The number of Topliss-reactive ketones (excluding diaryl/α,β-unsaturated/α-hetero) is 1. The number of ether oxygens (including phenoxy) is 2. The molecule has 148 valence electrons. The quantitative estimate of drug-likeness (QED) is 0.366. The number of hydrogen-bond acceptors (Lipinski definition) is 6. The van der Waals surface area contributed by atoms with Crippen molar-refractivity contribution in [2.24, 2.45) is 0 Å². The van der Waals surface area contributed by atoms with Gasteiger partial charge in [-0.3, -0.25) is 10.0 Å². The lowest BCUT2D eigenvalue weighted by Crippen LogP contribution is -2.62. The number of ketones is 1. The topological polar surface area (TPSA) is 93.1 Å². The highest BCUT2D eigenvalue weighted by atomic mass is 19.1. The number of rotatable bonds is 2. The second-order valence-electron chi connectivity index (χ2n) is 8.46. The van der Waals surface area contributed by atoms with E-state index in [1.165, 1.54) is 6.07 Å². The molecule has 7 nitrogen and oxygen atoms in total. The predicted octanol–water partition coefficient (Wildman–Crippen LogP) is 3.27. The number of halogens is 1. The number of carbonyl (C=O) groups excluding carboxylic acids is 3. The number of nitrogens with zero attached hydrogens (tertiary/aromatic N) is 1. The fourth-order valence-corrected chi connectivity index (χ4v) is 2.75. The molecule has 0 bridgehead atoms. The lowest BCUT2D eigenvalue weighted by atomic mass is 9.93. The van der Waals surface area contributed by atoms with Crippen molar-refractivity contribution in [3.05, 3.63) is 35.1 Å². The summed E-state index contributed by atoms with van der Waals surface area (Å²) in [7, 11) is 0. The normalized spacial score (nSPS) is 19.5. The van der Waals surface area contributed by atoms with Gasteiger partial charge in [-0.15, -0.1) is 0 Å². The van der Waals surface area contributed by atoms with E-state index in [-0.39, 0.29) is 16.2 Å². The number of esters is 1. The molecule has 0 aromatic heterocycles. The molecule has 27 heavy (non-hydrogen) atoms. The number of benzene rings is 1. The highest BCUT2D eigenvalue weighted by Gasteiger charge is 2.60. The average molecular weight is 381 g/mol. The van der Waals surface area contributed by atoms with E-state index in [0.717, 1.165) is 12.1 Å². The summed E-state index contributed by atoms with van der Waals surface area (Å²) in [5, 5.41) is 10.5. The van der Waals surface area contributed by atoms with Gasteiger partial charge in [0.05, 0.1) is 0 Å². The molecule has 2 rings (SSSR count). The molecule has 0 spiro atoms. The number of amides is 1. The largest absolute Gasteiger partial charge is 0.458 e. The Bertz CT molecular complexity index is 792. The van der Waals surface area contributed by atoms with Gasteiger partial charge in [-0.2, -0.15) is 5.06 Å². The van der Waals surface area contributed by atoms with Gasteiger partial charge in [0.25, 0.3) is 0 Å². The highest BCUT2D eigenvalue weighted by Crippen LogP contribution is 2.37. The standard InChI is InChI=1S/C19H24FNO6/c1-17(2,3)26-15(23)19(21(25)16(24)27-18(4,5)6)10-11-9-12(20)7-8-13(11)14(19)22/h7-9,25H,10H2,1-6H3. The molecule has 1 unspecified atom stereocenters. The summed E-state index contributed by atoms with van der Waals surface area (Å²) in [6.45, 7) is 9.46. The van der Waals surface area contributed by atoms with Crippen LogP contribution in [0.25, 0.3) is 0 Å². The SMILES string of the molecule is CC(C)(C)OC(=O)N(O)C1(C(=O)OC(C)(C)C)Cc2cc(F)ccc2C1=O. The molecule has 1 N–H and O–H groups in total. The van der Waals surface area contributed by atoms with E-state index in [1.807, 2.05) is 0 Å². The third-order valence-electron chi connectivity index (χ3n) is 3.80.